The van der Waals surface area contributed by atoms with E-state index in [-0.39, 0.29) is 39.9 Å². The maximum Gasteiger partial charge on any atom is 0.261 e. The molecule has 0 radical (unpaired) electrons. The third-order valence-electron chi connectivity index (χ3n) is 6.57. The maximum atomic E-state index is 13.4. The van der Waals surface area contributed by atoms with Crippen molar-refractivity contribution in [2.75, 3.05) is 23.1 Å². The van der Waals surface area contributed by atoms with E-state index in [1.165, 1.54) is 22.9 Å². The number of fused-ring (bicyclic) bond motifs is 1. The summed E-state index contributed by atoms with van der Waals surface area (Å²) in [5.74, 6) is -0.783. The topological polar surface area (TPSA) is 127 Å². The lowest BCUT2D eigenvalue weighted by Crippen LogP contribution is -2.34. The van der Waals surface area contributed by atoms with E-state index in [1.54, 1.807) is 7.05 Å². The smallest absolute Gasteiger partial charge is 0.261 e. The predicted molar refractivity (Wildman–Crippen MR) is 120 cm³/mol. The van der Waals surface area contributed by atoms with Crippen LogP contribution in [-0.2, 0) is 16.9 Å². The van der Waals surface area contributed by atoms with Crippen LogP contribution in [0.3, 0.4) is 0 Å². The minimum atomic E-state index is -3.29. The first-order valence-corrected chi connectivity index (χ1v) is 12.8. The second-order valence-electron chi connectivity index (χ2n) is 9.24. The summed E-state index contributed by atoms with van der Waals surface area (Å²) in [5.41, 5.74) is 6.15. The fourth-order valence-corrected chi connectivity index (χ4v) is 6.84. The molecule has 0 bridgehead atoms. The van der Waals surface area contributed by atoms with Crippen molar-refractivity contribution in [3.63, 3.8) is 0 Å². The van der Waals surface area contributed by atoms with Crippen molar-refractivity contribution in [3.8, 4) is 0 Å². The van der Waals surface area contributed by atoms with Gasteiger partial charge in [0.05, 0.1) is 22.1 Å². The first-order chi connectivity index (χ1) is 14.8. The Hall–Kier alpha value is -2.17. The van der Waals surface area contributed by atoms with Crippen molar-refractivity contribution in [3.05, 3.63) is 40.3 Å². The molecule has 2 aliphatic rings. The molecule has 1 aromatic carbocycles. The Morgan fingerprint density at radius 1 is 1.38 bits per heavy atom. The van der Waals surface area contributed by atoms with Gasteiger partial charge in [-0.1, -0.05) is 11.6 Å². The molecule has 2 aromatic rings. The monoisotopic (exact) mass is 484 g/mol. The normalized spacial score (nSPS) is 27.5. The predicted octanol–water partition coefficient (Wildman–Crippen LogP) is 2.73. The highest BCUT2D eigenvalue weighted by atomic mass is 35.5. The van der Waals surface area contributed by atoms with Crippen LogP contribution >= 0.6 is 11.6 Å². The summed E-state index contributed by atoms with van der Waals surface area (Å²) in [4.78, 5) is 13.0. The zero-order valence-electron chi connectivity index (χ0n) is 17.8. The van der Waals surface area contributed by atoms with Crippen molar-refractivity contribution < 1.29 is 22.7 Å². The van der Waals surface area contributed by atoms with Crippen LogP contribution in [0.25, 0.3) is 0 Å². The molecule has 0 aliphatic heterocycles. The van der Waals surface area contributed by atoms with Crippen molar-refractivity contribution >= 4 is 38.9 Å². The number of nitrogens with two attached hydrogens (primary N) is 1. The van der Waals surface area contributed by atoms with Crippen molar-refractivity contribution in [1.82, 2.24) is 9.78 Å². The number of aromatic nitrogens is 2. The van der Waals surface area contributed by atoms with Crippen LogP contribution < -0.4 is 11.1 Å². The van der Waals surface area contributed by atoms with Crippen molar-refractivity contribution in [2.45, 2.75) is 37.2 Å². The zero-order valence-corrected chi connectivity index (χ0v) is 19.4. The van der Waals surface area contributed by atoms with Crippen LogP contribution in [0.5, 0.6) is 0 Å². The highest BCUT2D eigenvalue weighted by molar-refractivity contribution is 7.90. The summed E-state index contributed by atoms with van der Waals surface area (Å²) < 4.78 is 38.3. The molecule has 0 spiro atoms. The molecule has 4 N–H and O–H groups in total. The number of rotatable bonds is 5. The molecule has 2 saturated carbocycles. The Labute approximate surface area is 190 Å². The third kappa shape index (κ3) is 4.49. The number of hydrogen-bond donors (Lipinski definition) is 3. The molecule has 1 aromatic heterocycles. The van der Waals surface area contributed by atoms with Crippen LogP contribution in [0, 0.1) is 17.7 Å². The number of hydrogen-bond acceptors (Lipinski definition) is 6. The van der Waals surface area contributed by atoms with E-state index < -0.39 is 27.2 Å². The third-order valence-corrected chi connectivity index (χ3v) is 7.92. The van der Waals surface area contributed by atoms with Gasteiger partial charge >= 0.3 is 0 Å². The van der Waals surface area contributed by atoms with Gasteiger partial charge in [0, 0.05) is 24.9 Å². The first-order valence-electron chi connectivity index (χ1n) is 10.3. The van der Waals surface area contributed by atoms with Gasteiger partial charge < -0.3 is 16.2 Å². The Balaban J connectivity index is 1.53. The number of amides is 1. The average molecular weight is 485 g/mol. The molecular formula is C21H26ClFN4O4S. The Bertz CT molecular complexity index is 1170. The van der Waals surface area contributed by atoms with Gasteiger partial charge in [0.15, 0.2) is 0 Å². The van der Waals surface area contributed by atoms with Crippen LogP contribution in [0.15, 0.2) is 18.2 Å². The molecule has 1 amide bonds. The van der Waals surface area contributed by atoms with E-state index in [1.807, 2.05) is 0 Å². The zero-order chi connectivity index (χ0) is 23.4. The van der Waals surface area contributed by atoms with Crippen LogP contribution in [0.1, 0.15) is 47.7 Å². The molecule has 8 nitrogen and oxygen atoms in total. The van der Waals surface area contributed by atoms with Crippen LogP contribution in [0.2, 0.25) is 5.02 Å². The van der Waals surface area contributed by atoms with Gasteiger partial charge in [-0.25, -0.2) is 12.8 Å². The summed E-state index contributed by atoms with van der Waals surface area (Å²) in [6.45, 7) is 0. The second-order valence-corrected chi connectivity index (χ2v) is 11.8. The van der Waals surface area contributed by atoms with Gasteiger partial charge in [-0.15, -0.1) is 0 Å². The molecule has 4 rings (SSSR count). The number of nitrogen functional groups attached to an aromatic ring is 1. The molecular weight excluding hydrogens is 459 g/mol. The fraction of sp³-hybridized carbons (Fsp3) is 0.524. The number of carbonyl (C=O) groups is 1. The quantitative estimate of drug-likeness (QED) is 0.598. The van der Waals surface area contributed by atoms with Gasteiger partial charge in [-0.05, 0) is 55.7 Å². The summed E-state index contributed by atoms with van der Waals surface area (Å²) in [5, 5.41) is 17.9. The molecule has 174 valence electrons. The van der Waals surface area contributed by atoms with E-state index in [9.17, 15) is 22.7 Å². The number of sulfone groups is 1. The maximum absolute atomic E-state index is 13.4. The summed E-state index contributed by atoms with van der Waals surface area (Å²) in [6, 6.07) is 3.90. The largest absolute Gasteiger partial charge is 0.389 e. The Morgan fingerprint density at radius 2 is 2.00 bits per heavy atom. The van der Waals surface area contributed by atoms with Crippen LogP contribution in [0.4, 0.5) is 15.9 Å². The first kappa shape index (κ1) is 23.0. The van der Waals surface area contributed by atoms with E-state index in [2.05, 4.69) is 10.4 Å². The molecule has 0 saturated heterocycles. The van der Waals surface area contributed by atoms with Crippen molar-refractivity contribution in [1.29, 1.82) is 0 Å². The van der Waals surface area contributed by atoms with Gasteiger partial charge in [0.25, 0.3) is 5.91 Å². The minimum absolute atomic E-state index is 0.0335. The number of carbonyl (C=O) groups excluding carboxylic acids is 1. The number of benzene rings is 1. The molecule has 2 aliphatic carbocycles. The molecule has 11 heteroatoms. The van der Waals surface area contributed by atoms with Crippen LogP contribution in [-0.4, -0.2) is 46.8 Å². The van der Waals surface area contributed by atoms with Gasteiger partial charge in [0.1, 0.15) is 27.0 Å². The number of nitrogens with one attached hydrogen (secondary N) is 1. The average Bonchev–Trinajstić information content (AvgIpc) is 3.26. The molecule has 2 fully saturated rings. The highest BCUT2D eigenvalue weighted by Gasteiger charge is 2.51. The number of nitrogens with zero attached hydrogens (tertiary/aromatic N) is 2. The summed E-state index contributed by atoms with van der Waals surface area (Å²) >= 11 is 5.81. The Morgan fingerprint density at radius 3 is 2.56 bits per heavy atom. The second kappa shape index (κ2) is 8.00. The van der Waals surface area contributed by atoms with Gasteiger partial charge in [-0.2, -0.15) is 5.10 Å². The lowest BCUT2D eigenvalue weighted by molar-refractivity contribution is 0.0613. The Kier molecular flexibility index (Phi) is 5.75. The lowest BCUT2D eigenvalue weighted by atomic mass is 9.92. The molecule has 1 heterocycles. The fourth-order valence-electron chi connectivity index (χ4n) is 5.44. The molecule has 3 unspecified atom stereocenters. The number of anilines is 2. The standard InChI is InChI=1S/C21H26ClFN4O4S/c1-27-19(24)17(20(28)25-14-3-4-16(23)15(22)7-14)18(26-27)11-5-12-8-21(29,9-13(12)6-11)10-32(2,30)31/h3-4,7,11-13,29H,5-6,8-10,24H2,1-2H3,(H,25,28)/t11?,12-,13?,21?/m1/s1. The number of aliphatic hydroxyl groups is 1. The van der Waals surface area contributed by atoms with Crippen molar-refractivity contribution in [2.24, 2.45) is 18.9 Å². The van der Waals surface area contributed by atoms with E-state index in [4.69, 9.17) is 17.3 Å². The minimum Gasteiger partial charge on any atom is -0.389 e. The highest BCUT2D eigenvalue weighted by Crippen LogP contribution is 2.54. The SMILES string of the molecule is Cn1nc(C2CC3CC(O)(CS(C)(=O)=O)C[C@H]3C2)c(C(=O)Nc2ccc(F)c(Cl)c2)c1N. The molecule has 4 atom stereocenters. The molecule has 32 heavy (non-hydrogen) atoms. The van der Waals surface area contributed by atoms with E-state index in [0.717, 1.165) is 6.26 Å². The van der Waals surface area contributed by atoms with Gasteiger partial charge in [-0.3, -0.25) is 9.48 Å². The van der Waals surface area contributed by atoms with E-state index >= 15 is 0 Å². The van der Waals surface area contributed by atoms with Gasteiger partial charge in [0.2, 0.25) is 0 Å². The van der Waals surface area contributed by atoms with E-state index in [0.29, 0.717) is 37.1 Å². The number of aryl methyl sites for hydroxylation is 1. The summed E-state index contributed by atoms with van der Waals surface area (Å²) in [6.07, 6.45) is 3.35. The lowest BCUT2D eigenvalue weighted by Gasteiger charge is -2.23. The number of halogens is 2. The summed E-state index contributed by atoms with van der Waals surface area (Å²) in [7, 11) is -1.63.